The van der Waals surface area contributed by atoms with Crippen LogP contribution in [0.4, 0.5) is 0 Å². The minimum atomic E-state index is -0.845. The van der Waals surface area contributed by atoms with E-state index in [-0.39, 0.29) is 178 Å². The van der Waals surface area contributed by atoms with Gasteiger partial charge in [-0.05, 0) is 122 Å². The molecule has 621 valence electrons. The number of fused-ring (bicyclic) bond motifs is 15. The second-order valence-electron chi connectivity index (χ2n) is 36.2. The van der Waals surface area contributed by atoms with Crippen molar-refractivity contribution in [3.63, 3.8) is 0 Å². The van der Waals surface area contributed by atoms with Crippen molar-refractivity contribution in [3.8, 4) is 17.5 Å². The summed E-state index contributed by atoms with van der Waals surface area (Å²) in [7, 11) is 0. The summed E-state index contributed by atoms with van der Waals surface area (Å²) in [6.07, 6.45) is 31.6. The Morgan fingerprint density at radius 2 is 0.887 bits per heavy atom. The topological polar surface area (TPSA) is 318 Å². The molecular weight excluding hydrogens is 1590 g/mol. The third kappa shape index (κ3) is 20.9. The number of hydrogen-bond acceptors (Lipinski definition) is 21. The van der Waals surface area contributed by atoms with Crippen LogP contribution in [-0.2, 0) is 132 Å². The van der Waals surface area contributed by atoms with Crippen molar-refractivity contribution in [3.05, 3.63) is 77.1 Å². The van der Waals surface area contributed by atoms with Gasteiger partial charge in [-0.25, -0.2) is 42.7 Å². The molecule has 31 heteroatoms. The number of rotatable bonds is 3. The predicted molar refractivity (Wildman–Crippen MR) is 409 cm³/mol. The first-order chi connectivity index (χ1) is 53.4. The van der Waals surface area contributed by atoms with Gasteiger partial charge < -0.3 is 61.9 Å². The average molecular weight is 1700 g/mol. The van der Waals surface area contributed by atoms with Gasteiger partial charge in [0.1, 0.15) is 48.0 Å². The van der Waals surface area contributed by atoms with E-state index in [0.717, 1.165) is 137 Å². The van der Waals surface area contributed by atoms with Crippen LogP contribution in [0.5, 0.6) is 17.5 Å². The van der Waals surface area contributed by atoms with E-state index in [9.17, 15) is 47.9 Å². The van der Waals surface area contributed by atoms with Gasteiger partial charge in [-0.2, -0.15) is 19.7 Å². The van der Waals surface area contributed by atoms with E-state index < -0.39 is 70.3 Å². The number of aryl methyl sites for hydroxylation is 2. The molecule has 0 aromatic carbocycles. The first-order valence-corrected chi connectivity index (χ1v) is 40.8. The van der Waals surface area contributed by atoms with E-state index >= 15 is 0 Å². The molecule has 6 aromatic heterocycles. The zero-order valence-electron chi connectivity index (χ0n) is 68.3. The van der Waals surface area contributed by atoms with Gasteiger partial charge in [0.15, 0.2) is 17.0 Å². The molecule has 3 saturated carbocycles. The van der Waals surface area contributed by atoms with Crippen molar-refractivity contribution in [1.82, 2.24) is 57.8 Å². The number of carbonyl (C=O) groups is 6. The molecule has 28 nitrogen and oxygen atoms in total. The Balaban J connectivity index is 0.000000180. The zero-order chi connectivity index (χ0) is 79.8. The van der Waals surface area contributed by atoms with Crippen LogP contribution in [0.3, 0.4) is 0 Å². The quantitative estimate of drug-likeness (QED) is 0.0903. The van der Waals surface area contributed by atoms with Crippen LogP contribution in [0.2, 0.25) is 0 Å². The van der Waals surface area contributed by atoms with Crippen LogP contribution in [0.15, 0.2) is 60.2 Å². The molecule has 12 heterocycles. The third-order valence-electron chi connectivity index (χ3n) is 24.9. The van der Waals surface area contributed by atoms with Crippen LogP contribution in [0.1, 0.15) is 210 Å². The Kier molecular flexibility index (Phi) is 29.5. The summed E-state index contributed by atoms with van der Waals surface area (Å²) in [4.78, 5) is 148. The molecule has 6 bridgehead atoms. The van der Waals surface area contributed by atoms with Crippen molar-refractivity contribution in [2.24, 2.45) is 69.5 Å². The largest absolute Gasteiger partial charge is 0.540 e. The van der Waals surface area contributed by atoms with Gasteiger partial charge in [-0.1, -0.05) is 140 Å². The smallest absolute Gasteiger partial charge is 0.354 e. The Hall–Kier alpha value is -7.36. The average Bonchev–Trinajstić information content (AvgIpc) is 1.52. The van der Waals surface area contributed by atoms with Gasteiger partial charge in [0, 0.05) is 105 Å². The summed E-state index contributed by atoms with van der Waals surface area (Å²) < 4.78 is 43.0. The normalized spacial score (nSPS) is 30.5. The minimum Gasteiger partial charge on any atom is -0.540 e. The molecular formula is C84H111N12O16V3-3. The second-order valence-corrected chi connectivity index (χ2v) is 36.2. The Bertz CT molecular complexity index is 4340. The number of carbonyl (C=O) groups excluding carboxylic acids is 9. The predicted octanol–water partition coefficient (Wildman–Crippen LogP) is 9.82. The maximum atomic E-state index is 13.9. The van der Waals surface area contributed by atoms with E-state index in [2.05, 4.69) is 38.9 Å². The molecule has 9 aliphatic rings. The van der Waals surface area contributed by atoms with Gasteiger partial charge in [0.2, 0.25) is 17.7 Å². The molecule has 6 fully saturated rings. The van der Waals surface area contributed by atoms with Crippen LogP contribution in [0.25, 0.3) is 16.9 Å². The number of amides is 3. The fraction of sp³-hybridized carbons (Fsp3) is 0.679. The van der Waals surface area contributed by atoms with Crippen molar-refractivity contribution >= 4 is 71.4 Å². The monoisotopic (exact) mass is 1700 g/mol. The molecule has 3 aliphatic carbocycles. The maximum absolute atomic E-state index is 13.9. The van der Waals surface area contributed by atoms with Gasteiger partial charge in [0.25, 0.3) is 0 Å². The van der Waals surface area contributed by atoms with E-state index in [1.165, 1.54) is 20.2 Å². The number of pyridine rings is 1. The van der Waals surface area contributed by atoms with Crippen LogP contribution in [0, 0.1) is 69.5 Å². The fourth-order valence-corrected chi connectivity index (χ4v) is 17.2. The number of hydrogen-bond donors (Lipinski definition) is 0. The first kappa shape index (κ1) is 90.0. The summed E-state index contributed by atoms with van der Waals surface area (Å²) >= 11 is 0. The summed E-state index contributed by atoms with van der Waals surface area (Å²) in [6, 6.07) is 3.27. The van der Waals surface area contributed by atoms with E-state index in [1.54, 1.807) is 32.8 Å². The van der Waals surface area contributed by atoms with Crippen LogP contribution in [-0.4, -0.2) is 187 Å². The van der Waals surface area contributed by atoms with E-state index in [4.69, 9.17) is 33.4 Å². The van der Waals surface area contributed by atoms with Gasteiger partial charge >= 0.3 is 29.6 Å². The molecule has 0 unspecified atom stereocenters. The van der Waals surface area contributed by atoms with Gasteiger partial charge in [-0.15, -0.1) is 0 Å². The molecule has 0 spiro atoms. The van der Waals surface area contributed by atoms with Crippen molar-refractivity contribution in [2.45, 2.75) is 273 Å². The maximum Gasteiger partial charge on any atom is 0.354 e. The van der Waals surface area contributed by atoms with Gasteiger partial charge in [-0.3, -0.25) is 28.8 Å². The molecule has 6 aliphatic heterocycles. The molecule has 18 atom stereocenters. The SMILES string of the molecule is C[C@@H]1[C@@H]2CN(C(=O)[C@H](C(C)(C)C)CC(=O)O[C@@H]3C[C@H]3CCCCCc3cn4ccnc4cc3O2)[C@@H]1[C-]=O.C[C@@H]1[C@@H]2CN(C(=O)[C@H](C(C)(C)C)CC(=O)O[C@@H]3C[C@H]3CCCCCc3nc4ccnn4cc3O2)[C@@H]1[C-]=O.C[C@@H]1[C@@H]2CN(C(=O)[C@H](C(C)(C)C)CC(=O)O[C@@H]3C[C@H]3CCCCCn3c(nc4ccnn4c3=O)O2)[C@@H]1[C-]=O.[V].[V].[V]. The molecule has 3 saturated heterocycles. The van der Waals surface area contributed by atoms with Crippen molar-refractivity contribution in [1.29, 1.82) is 0 Å². The number of esters is 3. The Morgan fingerprint density at radius 1 is 0.452 bits per heavy atom. The minimum absolute atomic E-state index is 0. The molecule has 3 radical (unpaired) electrons. The van der Waals surface area contributed by atoms with Gasteiger partial charge in [0.05, 0.1) is 80.9 Å². The molecule has 6 aromatic rings. The number of ether oxygens (including phenoxy) is 6. The standard InChI is InChI=1S/C29H38N3O5.C28H37N4O5.C27H36N5O6.3V/c1-18-22(17-33)32-16-25(18)36-24-14-26-30-10-11-31(26)15-20(24)9-7-5-6-8-19-12-23(19)37-27(34)13-21(28(32)35)29(2,3)4;1-17-21(16-33)31-14-23(17)36-24-15-32-25(10-11-29-32)30-20(24)9-7-5-6-8-18-12-22(18)37-26(34)13-19(27(31)35)28(2,3)4;1-16-19(15-33)31-14-21(16)38-25-29-22-9-10-28-32(22)26(36)30(25)11-7-5-6-8-17-12-20(17)37-23(34)13-18(24(31)35)27(2,3)4;;;/h10-11,14-15,18-19,21-23,25H,5-9,12-13,16H2,1-4H3;10-11,15,17-19,21-23H,5-9,12-14H2,1-4H3;9-10,16-21H,5-8,11-14H2,1-4H3;;;/q3*-1;;;/t18-,19+,21+,22+,23+,25-;17-,18+,19+,21+,22+,23-;16-,17+,18+,19+,20+,21-;;;/m000.../s1. The van der Waals surface area contributed by atoms with Crippen molar-refractivity contribution in [2.75, 3.05) is 19.6 Å². The van der Waals surface area contributed by atoms with Crippen LogP contribution < -0.4 is 19.9 Å². The summed E-state index contributed by atoms with van der Waals surface area (Å²) in [5.74, 6) is -2.05. The van der Waals surface area contributed by atoms with Crippen molar-refractivity contribution < 1.29 is 127 Å². The Labute approximate surface area is 708 Å². The molecule has 0 N–H and O–H groups in total. The molecule has 3 amide bonds. The van der Waals surface area contributed by atoms with E-state index in [1.807, 2.05) is 118 Å². The second kappa shape index (κ2) is 37.7. The summed E-state index contributed by atoms with van der Waals surface area (Å²) in [5, 5.41) is 8.41. The zero-order valence-corrected chi connectivity index (χ0v) is 72.5. The summed E-state index contributed by atoms with van der Waals surface area (Å²) in [6.45, 7) is 24.1. The third-order valence-corrected chi connectivity index (χ3v) is 24.9. The number of aromatic nitrogens is 9. The van der Waals surface area contributed by atoms with Crippen LogP contribution >= 0.6 is 0 Å². The Morgan fingerprint density at radius 3 is 1.36 bits per heavy atom. The summed E-state index contributed by atoms with van der Waals surface area (Å²) in [5.41, 5.74) is 2.04. The van der Waals surface area contributed by atoms with E-state index in [0.29, 0.717) is 35.7 Å². The fourth-order valence-electron chi connectivity index (χ4n) is 17.2. The number of nitrogens with zero attached hydrogens (tertiary/aromatic N) is 12. The first-order valence-electron chi connectivity index (χ1n) is 40.8. The molecule has 115 heavy (non-hydrogen) atoms. The molecule has 15 rings (SSSR count). The number of imidazole rings is 1.